The lowest BCUT2D eigenvalue weighted by molar-refractivity contribution is 0.558. The van der Waals surface area contributed by atoms with Crippen LogP contribution in [0.4, 0.5) is 5.82 Å². The Morgan fingerprint density at radius 1 is 1.27 bits per heavy atom. The molecule has 1 unspecified atom stereocenters. The van der Waals surface area contributed by atoms with Crippen LogP contribution in [0, 0.1) is 6.92 Å². The average Bonchev–Trinajstić information content (AvgIpc) is 2.88. The number of hydrogen-bond acceptors (Lipinski definition) is 4. The molecule has 0 aliphatic carbocycles. The van der Waals surface area contributed by atoms with Gasteiger partial charge < -0.3 is 5.02 Å². The number of aromatic nitrogens is 1. The smallest absolute Gasteiger partial charge is 0.295 e. The number of nitrogens with zero attached hydrogens (tertiary/aromatic N) is 2. The van der Waals surface area contributed by atoms with Gasteiger partial charge in [0.2, 0.25) is 0 Å². The predicted octanol–water partition coefficient (Wildman–Crippen LogP) is 1.84. The SMILES string of the molecule is CB(O)C1CN(S(=O)(=O)c2ccc(C)cc2)c2ncccc21. The van der Waals surface area contributed by atoms with Gasteiger partial charge in [0.15, 0.2) is 0 Å². The lowest BCUT2D eigenvalue weighted by Crippen LogP contribution is -2.33. The van der Waals surface area contributed by atoms with E-state index >= 15 is 0 Å². The van der Waals surface area contributed by atoms with Crippen molar-refractivity contribution >= 4 is 22.8 Å². The third kappa shape index (κ3) is 2.40. The normalized spacial score (nSPS) is 17.4. The van der Waals surface area contributed by atoms with Gasteiger partial charge in [-0.1, -0.05) is 30.6 Å². The van der Waals surface area contributed by atoms with E-state index in [1.165, 1.54) is 4.31 Å². The first-order valence-corrected chi connectivity index (χ1v) is 8.57. The van der Waals surface area contributed by atoms with Crippen molar-refractivity contribution in [3.8, 4) is 0 Å². The summed E-state index contributed by atoms with van der Waals surface area (Å²) < 4.78 is 27.1. The quantitative estimate of drug-likeness (QED) is 0.877. The zero-order valence-electron chi connectivity index (χ0n) is 12.5. The van der Waals surface area contributed by atoms with Gasteiger partial charge in [0.25, 0.3) is 16.9 Å². The fourth-order valence-electron chi connectivity index (χ4n) is 2.73. The van der Waals surface area contributed by atoms with Gasteiger partial charge in [-0.25, -0.2) is 17.7 Å². The molecule has 0 radical (unpaired) electrons. The molecule has 0 saturated carbocycles. The Morgan fingerprint density at radius 2 is 1.95 bits per heavy atom. The van der Waals surface area contributed by atoms with Crippen LogP contribution in [0.15, 0.2) is 47.5 Å². The summed E-state index contributed by atoms with van der Waals surface area (Å²) >= 11 is 0. The van der Waals surface area contributed by atoms with Crippen LogP contribution >= 0.6 is 0 Å². The van der Waals surface area contributed by atoms with E-state index in [9.17, 15) is 13.4 Å². The molecule has 114 valence electrons. The van der Waals surface area contributed by atoms with E-state index in [0.29, 0.717) is 5.82 Å². The van der Waals surface area contributed by atoms with Gasteiger partial charge in [-0.3, -0.25) is 0 Å². The minimum Gasteiger partial charge on any atom is -0.450 e. The first-order chi connectivity index (χ1) is 10.4. The molecule has 2 heterocycles. The fourth-order valence-corrected chi connectivity index (χ4v) is 4.20. The van der Waals surface area contributed by atoms with E-state index in [1.54, 1.807) is 43.4 Å². The van der Waals surface area contributed by atoms with E-state index in [-0.39, 0.29) is 17.3 Å². The largest absolute Gasteiger partial charge is 0.450 e. The van der Waals surface area contributed by atoms with Crippen LogP contribution in [-0.2, 0) is 10.0 Å². The van der Waals surface area contributed by atoms with Crippen LogP contribution in [0.2, 0.25) is 6.82 Å². The summed E-state index contributed by atoms with van der Waals surface area (Å²) in [5.41, 5.74) is 1.77. The maximum absolute atomic E-state index is 12.9. The van der Waals surface area contributed by atoms with Gasteiger partial charge in [-0.15, -0.1) is 0 Å². The Bertz CT molecular complexity index is 791. The van der Waals surface area contributed by atoms with Crippen LogP contribution in [0.1, 0.15) is 16.9 Å². The highest BCUT2D eigenvalue weighted by Crippen LogP contribution is 2.38. The number of rotatable bonds is 3. The molecule has 0 bridgehead atoms. The molecule has 1 aliphatic rings. The monoisotopic (exact) mass is 316 g/mol. The zero-order chi connectivity index (χ0) is 15.9. The second kappa shape index (κ2) is 5.41. The number of anilines is 1. The van der Waals surface area contributed by atoms with Gasteiger partial charge in [-0.05, 0) is 30.7 Å². The average molecular weight is 316 g/mol. The lowest BCUT2D eigenvalue weighted by Gasteiger charge is -2.19. The molecule has 1 aromatic carbocycles. The van der Waals surface area contributed by atoms with Crippen molar-refractivity contribution in [1.29, 1.82) is 0 Å². The second-order valence-electron chi connectivity index (χ2n) is 5.61. The highest BCUT2D eigenvalue weighted by Gasteiger charge is 2.40. The van der Waals surface area contributed by atoms with Crippen molar-refractivity contribution in [2.75, 3.05) is 10.8 Å². The zero-order valence-corrected chi connectivity index (χ0v) is 13.3. The first kappa shape index (κ1) is 15.1. The highest BCUT2D eigenvalue weighted by molar-refractivity contribution is 7.92. The predicted molar refractivity (Wildman–Crippen MR) is 86.5 cm³/mol. The number of benzene rings is 1. The van der Waals surface area contributed by atoms with Crippen LogP contribution in [0.5, 0.6) is 0 Å². The van der Waals surface area contributed by atoms with Crippen LogP contribution in [0.3, 0.4) is 0 Å². The molecule has 3 rings (SSSR count). The van der Waals surface area contributed by atoms with Gasteiger partial charge in [0.1, 0.15) is 5.82 Å². The van der Waals surface area contributed by atoms with E-state index in [1.807, 2.05) is 13.0 Å². The van der Waals surface area contributed by atoms with Gasteiger partial charge in [0.05, 0.1) is 4.90 Å². The number of fused-ring (bicyclic) bond motifs is 1. The molecule has 2 aromatic rings. The molecule has 1 aromatic heterocycles. The maximum atomic E-state index is 12.9. The van der Waals surface area contributed by atoms with E-state index in [0.717, 1.165) is 11.1 Å². The highest BCUT2D eigenvalue weighted by atomic mass is 32.2. The molecule has 0 amide bonds. The summed E-state index contributed by atoms with van der Waals surface area (Å²) in [6, 6.07) is 10.3. The van der Waals surface area contributed by atoms with Crippen molar-refractivity contribution in [2.45, 2.75) is 24.5 Å². The summed E-state index contributed by atoms with van der Waals surface area (Å²) in [6.07, 6.45) is 1.57. The van der Waals surface area contributed by atoms with Crippen molar-refractivity contribution in [3.63, 3.8) is 0 Å². The van der Waals surface area contributed by atoms with Gasteiger partial charge >= 0.3 is 0 Å². The summed E-state index contributed by atoms with van der Waals surface area (Å²) in [4.78, 5) is 4.46. The summed E-state index contributed by atoms with van der Waals surface area (Å²) in [5.74, 6) is 0.151. The molecular formula is C15H17BN2O3S. The lowest BCUT2D eigenvalue weighted by atomic mass is 9.57. The molecular weight excluding hydrogens is 299 g/mol. The van der Waals surface area contributed by atoms with Gasteiger partial charge in [-0.2, -0.15) is 0 Å². The molecule has 1 aliphatic heterocycles. The molecule has 1 N–H and O–H groups in total. The number of hydrogen-bond donors (Lipinski definition) is 1. The number of pyridine rings is 1. The van der Waals surface area contributed by atoms with Crippen LogP contribution in [0.25, 0.3) is 0 Å². The molecule has 1 atom stereocenters. The molecule has 0 saturated heterocycles. The van der Waals surface area contributed by atoms with Gasteiger partial charge in [0, 0.05) is 18.6 Å². The standard InChI is InChI=1S/C15H17BN2O3S/c1-11-5-7-12(8-6-11)22(20,21)18-10-14(16(2)19)13-4-3-9-17-15(13)18/h3-9,14,19H,10H2,1-2H3. The van der Waals surface area contributed by atoms with Crippen molar-refractivity contribution < 1.29 is 13.4 Å². The summed E-state index contributed by atoms with van der Waals surface area (Å²) in [7, 11) is -3.68. The van der Waals surface area contributed by atoms with E-state index in [2.05, 4.69) is 4.98 Å². The van der Waals surface area contributed by atoms with E-state index in [4.69, 9.17) is 0 Å². The molecule has 0 spiro atoms. The van der Waals surface area contributed by atoms with Crippen molar-refractivity contribution in [3.05, 3.63) is 53.7 Å². The Balaban J connectivity index is 2.07. The minimum absolute atomic E-state index is 0.209. The molecule has 22 heavy (non-hydrogen) atoms. The topological polar surface area (TPSA) is 70.5 Å². The summed E-state index contributed by atoms with van der Waals surface area (Å²) in [5, 5.41) is 9.94. The van der Waals surface area contributed by atoms with E-state index < -0.39 is 16.9 Å². The number of aryl methyl sites for hydroxylation is 1. The Hall–Kier alpha value is -1.86. The number of sulfonamides is 1. The Labute approximate surface area is 130 Å². The third-order valence-electron chi connectivity index (χ3n) is 4.01. The van der Waals surface area contributed by atoms with Crippen LogP contribution < -0.4 is 4.31 Å². The molecule has 0 fully saturated rings. The first-order valence-electron chi connectivity index (χ1n) is 7.13. The van der Waals surface area contributed by atoms with Crippen LogP contribution in [-0.4, -0.2) is 31.9 Å². The maximum Gasteiger partial charge on any atom is 0.295 e. The van der Waals surface area contributed by atoms with Crippen molar-refractivity contribution in [2.24, 2.45) is 0 Å². The third-order valence-corrected chi connectivity index (χ3v) is 5.78. The molecule has 5 nitrogen and oxygen atoms in total. The Morgan fingerprint density at radius 3 is 2.59 bits per heavy atom. The minimum atomic E-state index is -3.68. The second-order valence-corrected chi connectivity index (χ2v) is 7.47. The van der Waals surface area contributed by atoms with Crippen molar-refractivity contribution in [1.82, 2.24) is 4.98 Å². The fraction of sp³-hybridized carbons (Fsp3) is 0.267. The Kier molecular flexibility index (Phi) is 3.70. The summed E-state index contributed by atoms with van der Waals surface area (Å²) in [6.45, 7) is 3.15. The molecule has 7 heteroatoms.